The molecule has 5 aromatic rings. The second-order valence-corrected chi connectivity index (χ2v) is 6.73. The molecule has 0 fully saturated rings. The zero-order valence-electron chi connectivity index (χ0n) is 13.4. The van der Waals surface area contributed by atoms with Gasteiger partial charge in [-0.25, -0.2) is 15.0 Å². The number of furan rings is 1. The molecule has 0 N–H and O–H groups in total. The molecule has 0 radical (unpaired) electrons. The third kappa shape index (κ3) is 2.32. The van der Waals surface area contributed by atoms with Crippen molar-refractivity contribution in [1.29, 1.82) is 0 Å². The van der Waals surface area contributed by atoms with Crippen molar-refractivity contribution >= 4 is 33.4 Å². The molecule has 120 valence electrons. The summed E-state index contributed by atoms with van der Waals surface area (Å²) in [5.74, 6) is 0. The molecule has 4 nitrogen and oxygen atoms in total. The highest BCUT2D eigenvalue weighted by Crippen LogP contribution is 2.35. The van der Waals surface area contributed by atoms with Crippen LogP contribution in [0.15, 0.2) is 64.5 Å². The Hall–Kier alpha value is -3.05. The van der Waals surface area contributed by atoms with Crippen molar-refractivity contribution in [2.24, 2.45) is 0 Å². The second-order valence-electron chi connectivity index (χ2n) is 5.83. The topological polar surface area (TPSA) is 51.8 Å². The van der Waals surface area contributed by atoms with Gasteiger partial charge in [-0.3, -0.25) is 0 Å². The molecule has 0 saturated carbocycles. The molecule has 1 aromatic carbocycles. The number of benzene rings is 1. The minimum Gasteiger partial charge on any atom is -0.437 e. The predicted molar refractivity (Wildman–Crippen MR) is 101 cm³/mol. The number of fused-ring (bicyclic) bond motifs is 3. The van der Waals surface area contributed by atoms with Crippen LogP contribution in [-0.4, -0.2) is 15.0 Å². The Kier molecular flexibility index (Phi) is 3.15. The van der Waals surface area contributed by atoms with Gasteiger partial charge in [0, 0.05) is 33.6 Å². The Labute approximate surface area is 147 Å². The Bertz CT molecular complexity index is 1210. The first kappa shape index (κ1) is 14.3. The number of aryl methyl sites for hydroxylation is 1. The zero-order valence-corrected chi connectivity index (χ0v) is 14.2. The van der Waals surface area contributed by atoms with Gasteiger partial charge >= 0.3 is 0 Å². The van der Waals surface area contributed by atoms with Crippen LogP contribution in [0, 0.1) is 6.92 Å². The molecule has 5 rings (SSSR count). The minimum atomic E-state index is 0.665. The number of para-hydroxylation sites is 1. The lowest BCUT2D eigenvalue weighted by molar-refractivity contribution is 0.653. The highest BCUT2D eigenvalue weighted by molar-refractivity contribution is 7.13. The number of rotatable bonds is 2. The summed E-state index contributed by atoms with van der Waals surface area (Å²) in [7, 11) is 0. The molecule has 25 heavy (non-hydrogen) atoms. The fourth-order valence-electron chi connectivity index (χ4n) is 3.03. The highest BCUT2D eigenvalue weighted by Gasteiger charge is 2.14. The van der Waals surface area contributed by atoms with E-state index < -0.39 is 0 Å². The third-order valence-corrected chi connectivity index (χ3v) is 4.98. The van der Waals surface area contributed by atoms with Gasteiger partial charge in [-0.2, -0.15) is 0 Å². The summed E-state index contributed by atoms with van der Waals surface area (Å²) in [5.41, 5.74) is 5.13. The Morgan fingerprint density at radius 1 is 0.880 bits per heavy atom. The van der Waals surface area contributed by atoms with Crippen LogP contribution in [-0.2, 0) is 0 Å². The van der Waals surface area contributed by atoms with Crippen molar-refractivity contribution in [1.82, 2.24) is 15.0 Å². The summed E-state index contributed by atoms with van der Waals surface area (Å²) >= 11 is 1.58. The van der Waals surface area contributed by atoms with Crippen LogP contribution < -0.4 is 0 Å². The summed E-state index contributed by atoms with van der Waals surface area (Å²) in [6.45, 7) is 1.96. The van der Waals surface area contributed by atoms with Crippen LogP contribution in [0.25, 0.3) is 44.0 Å². The van der Waals surface area contributed by atoms with E-state index in [0.717, 1.165) is 44.0 Å². The fraction of sp³-hybridized carbons (Fsp3) is 0.0500. The molecule has 4 aromatic heterocycles. The summed E-state index contributed by atoms with van der Waals surface area (Å²) in [6, 6.07) is 16.2. The Balaban J connectivity index is 1.76. The van der Waals surface area contributed by atoms with Gasteiger partial charge in [-0.1, -0.05) is 18.2 Å². The number of nitrogens with zero attached hydrogens (tertiary/aromatic N) is 3. The van der Waals surface area contributed by atoms with Crippen LogP contribution in [0.2, 0.25) is 0 Å². The lowest BCUT2D eigenvalue weighted by Crippen LogP contribution is -1.87. The maximum absolute atomic E-state index is 6.09. The Morgan fingerprint density at radius 2 is 1.76 bits per heavy atom. The van der Waals surface area contributed by atoms with Crippen molar-refractivity contribution in [2.45, 2.75) is 6.92 Å². The number of thiazole rings is 1. The van der Waals surface area contributed by atoms with E-state index >= 15 is 0 Å². The van der Waals surface area contributed by atoms with Gasteiger partial charge in [0.1, 0.15) is 10.6 Å². The van der Waals surface area contributed by atoms with Gasteiger partial charge in [0.2, 0.25) is 5.71 Å². The van der Waals surface area contributed by atoms with Crippen LogP contribution in [0.1, 0.15) is 5.69 Å². The molecule has 0 aliphatic heterocycles. The van der Waals surface area contributed by atoms with E-state index in [4.69, 9.17) is 9.40 Å². The molecule has 0 spiro atoms. The maximum atomic E-state index is 6.09. The van der Waals surface area contributed by atoms with Gasteiger partial charge in [-0.05, 0) is 37.3 Å². The van der Waals surface area contributed by atoms with Gasteiger partial charge in [-0.15, -0.1) is 11.3 Å². The third-order valence-electron chi connectivity index (χ3n) is 4.18. The van der Waals surface area contributed by atoms with E-state index in [1.165, 1.54) is 0 Å². The molecular weight excluding hydrogens is 330 g/mol. The maximum Gasteiger partial charge on any atom is 0.227 e. The van der Waals surface area contributed by atoms with Crippen molar-refractivity contribution < 1.29 is 4.42 Å². The van der Waals surface area contributed by atoms with Crippen molar-refractivity contribution in [2.75, 3.05) is 0 Å². The molecule has 0 bridgehead atoms. The summed E-state index contributed by atoms with van der Waals surface area (Å²) in [4.78, 5) is 13.7. The van der Waals surface area contributed by atoms with Crippen LogP contribution in [0.4, 0.5) is 0 Å². The van der Waals surface area contributed by atoms with E-state index in [1.807, 2.05) is 48.7 Å². The lowest BCUT2D eigenvalue weighted by atomic mass is 10.1. The molecule has 5 heteroatoms. The molecule has 0 aliphatic rings. The minimum absolute atomic E-state index is 0.665. The Morgan fingerprint density at radius 3 is 2.64 bits per heavy atom. The van der Waals surface area contributed by atoms with Crippen LogP contribution in [0.5, 0.6) is 0 Å². The molecule has 0 aliphatic carbocycles. The average Bonchev–Trinajstić information content (AvgIpc) is 3.29. The van der Waals surface area contributed by atoms with E-state index in [-0.39, 0.29) is 0 Å². The molecule has 0 saturated heterocycles. The zero-order chi connectivity index (χ0) is 16.8. The summed E-state index contributed by atoms with van der Waals surface area (Å²) < 4.78 is 6.09. The number of aromatic nitrogens is 3. The molecule has 0 amide bonds. The molecule has 0 unspecified atom stereocenters. The molecule has 4 heterocycles. The smallest absolute Gasteiger partial charge is 0.227 e. The van der Waals surface area contributed by atoms with Crippen molar-refractivity contribution in [3.05, 3.63) is 65.8 Å². The SMILES string of the molecule is Cc1ccc2c(n1)oc1c(-c3cccc(-c4nccs4)n3)cccc12. The molecular formula is C20H13N3OS. The van der Waals surface area contributed by atoms with Gasteiger partial charge in [0.25, 0.3) is 0 Å². The number of pyridine rings is 2. The molecule has 0 atom stereocenters. The fourth-order valence-corrected chi connectivity index (χ4v) is 3.63. The number of hydrogen-bond acceptors (Lipinski definition) is 5. The van der Waals surface area contributed by atoms with Crippen LogP contribution >= 0.6 is 11.3 Å². The van der Waals surface area contributed by atoms with Gasteiger partial charge < -0.3 is 4.42 Å². The second kappa shape index (κ2) is 5.50. The van der Waals surface area contributed by atoms with E-state index in [9.17, 15) is 0 Å². The monoisotopic (exact) mass is 343 g/mol. The lowest BCUT2D eigenvalue weighted by Gasteiger charge is -2.03. The van der Waals surface area contributed by atoms with Gasteiger partial charge in [0.05, 0.1) is 11.4 Å². The average molecular weight is 343 g/mol. The first-order valence-corrected chi connectivity index (χ1v) is 8.84. The summed E-state index contributed by atoms with van der Waals surface area (Å²) in [5, 5.41) is 4.95. The van der Waals surface area contributed by atoms with E-state index in [1.54, 1.807) is 17.5 Å². The van der Waals surface area contributed by atoms with Crippen molar-refractivity contribution in [3.8, 4) is 22.0 Å². The normalized spacial score (nSPS) is 11.4. The first-order valence-electron chi connectivity index (χ1n) is 7.96. The quantitative estimate of drug-likeness (QED) is 0.426. The number of hydrogen-bond donors (Lipinski definition) is 0. The standard InChI is InChI=1S/C20H13N3OS/c1-12-8-9-14-13-4-2-5-15(18(13)24-19(14)22-12)16-6-3-7-17(23-16)20-21-10-11-25-20/h2-11H,1H3. The van der Waals surface area contributed by atoms with E-state index in [0.29, 0.717) is 5.71 Å². The van der Waals surface area contributed by atoms with Crippen LogP contribution in [0.3, 0.4) is 0 Å². The van der Waals surface area contributed by atoms with E-state index in [2.05, 4.69) is 22.1 Å². The largest absolute Gasteiger partial charge is 0.437 e. The first-order chi connectivity index (χ1) is 12.3. The summed E-state index contributed by atoms with van der Waals surface area (Å²) in [6.07, 6.45) is 1.79. The van der Waals surface area contributed by atoms with Gasteiger partial charge in [0.15, 0.2) is 0 Å². The predicted octanol–water partition coefficient (Wildman–Crippen LogP) is 5.47. The van der Waals surface area contributed by atoms with Crippen molar-refractivity contribution in [3.63, 3.8) is 0 Å². The highest BCUT2D eigenvalue weighted by atomic mass is 32.1.